The Kier molecular flexibility index (Phi) is 7.21. The van der Waals surface area contributed by atoms with Gasteiger partial charge >= 0.3 is 0 Å². The molecule has 1 fully saturated rings. The molecule has 5 N–H and O–H groups in total. The maximum absolute atomic E-state index is 10.1. The van der Waals surface area contributed by atoms with Gasteiger partial charge in [-0.2, -0.15) is 0 Å². The lowest BCUT2D eigenvalue weighted by atomic mass is 9.99. The minimum atomic E-state index is -1.56. The van der Waals surface area contributed by atoms with Gasteiger partial charge in [0.25, 0.3) is 0 Å². The van der Waals surface area contributed by atoms with Crippen LogP contribution in [0, 0.1) is 0 Å². The largest absolute Gasteiger partial charge is 0.493 e. The van der Waals surface area contributed by atoms with Crippen LogP contribution in [0.4, 0.5) is 0 Å². The number of aliphatic hydroxyl groups is 5. The predicted molar refractivity (Wildman–Crippen MR) is 90.1 cm³/mol. The van der Waals surface area contributed by atoms with Gasteiger partial charge in [0.05, 0.1) is 27.4 Å². The molecule has 1 aliphatic rings. The van der Waals surface area contributed by atoms with Gasteiger partial charge in [0, 0.05) is 0 Å². The summed E-state index contributed by atoms with van der Waals surface area (Å²) in [6, 6.07) is 3.24. The summed E-state index contributed by atoms with van der Waals surface area (Å²) in [7, 11) is 2.82. The maximum atomic E-state index is 10.1. The number of rotatable bonds is 7. The molecule has 1 aliphatic heterocycles. The summed E-state index contributed by atoms with van der Waals surface area (Å²) >= 11 is 0. The summed E-state index contributed by atoms with van der Waals surface area (Å²) in [5.74, 6) is 0.637. The van der Waals surface area contributed by atoms with Crippen LogP contribution in [-0.2, 0) is 4.74 Å². The third-order valence-corrected chi connectivity index (χ3v) is 3.98. The molecular weight excluding hydrogens is 348 g/mol. The Morgan fingerprint density at radius 1 is 1.00 bits per heavy atom. The fourth-order valence-corrected chi connectivity index (χ4v) is 2.58. The maximum Gasteiger partial charge on any atom is 0.229 e. The van der Waals surface area contributed by atoms with Crippen molar-refractivity contribution in [2.24, 2.45) is 0 Å². The zero-order chi connectivity index (χ0) is 19.3. The van der Waals surface area contributed by atoms with Crippen LogP contribution in [0.2, 0.25) is 0 Å². The highest BCUT2D eigenvalue weighted by atomic mass is 16.7. The van der Waals surface area contributed by atoms with E-state index in [1.165, 1.54) is 20.3 Å². The molecule has 9 nitrogen and oxygen atoms in total. The number of hydrogen-bond acceptors (Lipinski definition) is 9. The number of hydrogen-bond donors (Lipinski definition) is 5. The van der Waals surface area contributed by atoms with Crippen LogP contribution in [-0.4, -0.2) is 83.7 Å². The fraction of sp³-hybridized carbons (Fsp3) is 0.529. The average Bonchev–Trinajstić information content (AvgIpc) is 2.66. The summed E-state index contributed by atoms with van der Waals surface area (Å²) in [6.45, 7) is -0.697. The number of benzene rings is 1. The van der Waals surface area contributed by atoms with E-state index in [1.807, 2.05) is 0 Å². The molecular formula is C17H24O9. The van der Waals surface area contributed by atoms with Crippen molar-refractivity contribution < 1.29 is 44.5 Å². The van der Waals surface area contributed by atoms with Crippen LogP contribution in [0.1, 0.15) is 5.56 Å². The Balaban J connectivity index is 2.33. The number of methoxy groups -OCH3 is 2. The second-order valence-corrected chi connectivity index (χ2v) is 5.65. The van der Waals surface area contributed by atoms with E-state index >= 15 is 0 Å². The van der Waals surface area contributed by atoms with Crippen molar-refractivity contribution in [2.75, 3.05) is 27.4 Å². The van der Waals surface area contributed by atoms with Gasteiger partial charge in [-0.05, 0) is 17.7 Å². The Morgan fingerprint density at radius 2 is 1.62 bits per heavy atom. The average molecular weight is 372 g/mol. The van der Waals surface area contributed by atoms with Crippen molar-refractivity contribution >= 4 is 6.08 Å². The first-order valence-electron chi connectivity index (χ1n) is 7.97. The van der Waals surface area contributed by atoms with Crippen LogP contribution in [0.3, 0.4) is 0 Å². The van der Waals surface area contributed by atoms with E-state index in [2.05, 4.69) is 0 Å². The van der Waals surface area contributed by atoms with Gasteiger partial charge in [-0.1, -0.05) is 12.2 Å². The molecule has 0 amide bonds. The van der Waals surface area contributed by atoms with E-state index in [9.17, 15) is 20.4 Å². The normalized spacial score (nSPS) is 29.0. The second-order valence-electron chi connectivity index (χ2n) is 5.65. The van der Waals surface area contributed by atoms with Crippen molar-refractivity contribution in [3.63, 3.8) is 0 Å². The highest BCUT2D eigenvalue weighted by molar-refractivity contribution is 5.62. The first-order valence-corrected chi connectivity index (χ1v) is 7.97. The van der Waals surface area contributed by atoms with E-state index in [-0.39, 0.29) is 23.9 Å². The Hall–Kier alpha value is -1.88. The second kappa shape index (κ2) is 9.17. The summed E-state index contributed by atoms with van der Waals surface area (Å²) < 4.78 is 21.6. The molecule has 146 valence electrons. The van der Waals surface area contributed by atoms with Gasteiger partial charge in [-0.25, -0.2) is 0 Å². The van der Waals surface area contributed by atoms with E-state index in [0.29, 0.717) is 5.56 Å². The summed E-state index contributed by atoms with van der Waals surface area (Å²) in [6.07, 6.45) is -3.88. The molecule has 2 rings (SSSR count). The smallest absolute Gasteiger partial charge is 0.229 e. The molecule has 0 radical (unpaired) electrons. The van der Waals surface area contributed by atoms with Crippen LogP contribution in [0.5, 0.6) is 17.2 Å². The molecule has 0 saturated carbocycles. The van der Waals surface area contributed by atoms with E-state index in [0.717, 1.165) is 0 Å². The molecule has 5 atom stereocenters. The van der Waals surface area contributed by atoms with Gasteiger partial charge in [0.2, 0.25) is 12.0 Å². The summed E-state index contributed by atoms with van der Waals surface area (Å²) in [5, 5.41) is 48.0. The van der Waals surface area contributed by atoms with Crippen molar-refractivity contribution in [3.8, 4) is 17.2 Å². The van der Waals surface area contributed by atoms with Crippen LogP contribution in [0.15, 0.2) is 18.2 Å². The lowest BCUT2D eigenvalue weighted by Gasteiger charge is -2.39. The van der Waals surface area contributed by atoms with Crippen molar-refractivity contribution in [1.82, 2.24) is 0 Å². The first-order chi connectivity index (χ1) is 12.5. The molecule has 0 spiro atoms. The van der Waals surface area contributed by atoms with Crippen molar-refractivity contribution in [3.05, 3.63) is 23.8 Å². The molecule has 1 saturated heterocycles. The third kappa shape index (κ3) is 4.26. The van der Waals surface area contributed by atoms with Gasteiger partial charge in [0.15, 0.2) is 11.5 Å². The zero-order valence-corrected chi connectivity index (χ0v) is 14.5. The highest BCUT2D eigenvalue weighted by Crippen LogP contribution is 2.40. The van der Waals surface area contributed by atoms with Crippen LogP contribution >= 0.6 is 0 Å². The van der Waals surface area contributed by atoms with E-state index in [1.54, 1.807) is 18.2 Å². The lowest BCUT2D eigenvalue weighted by Crippen LogP contribution is -2.60. The molecule has 5 unspecified atom stereocenters. The molecule has 26 heavy (non-hydrogen) atoms. The lowest BCUT2D eigenvalue weighted by molar-refractivity contribution is -0.277. The Bertz CT molecular complexity index is 591. The number of aliphatic hydroxyl groups excluding tert-OH is 5. The summed E-state index contributed by atoms with van der Waals surface area (Å²) in [5.41, 5.74) is 0.675. The monoisotopic (exact) mass is 372 g/mol. The fourth-order valence-electron chi connectivity index (χ4n) is 2.58. The van der Waals surface area contributed by atoms with Crippen molar-refractivity contribution in [2.45, 2.75) is 30.7 Å². The van der Waals surface area contributed by atoms with E-state index in [4.69, 9.17) is 24.1 Å². The molecule has 0 bridgehead atoms. The molecule has 1 heterocycles. The molecule has 0 aromatic heterocycles. The molecule has 0 aliphatic carbocycles. The molecule has 9 heteroatoms. The SMILES string of the molecule is COc1cc(/C=C/CO)cc(OC)c1OC1OC(CO)C(O)C(O)C1O. The van der Waals surface area contributed by atoms with Gasteiger partial charge < -0.3 is 44.5 Å². The topological polar surface area (TPSA) is 138 Å². The molecule has 1 aromatic rings. The van der Waals surface area contributed by atoms with Crippen LogP contribution in [0.25, 0.3) is 6.08 Å². The molecule has 1 aromatic carbocycles. The van der Waals surface area contributed by atoms with Crippen LogP contribution < -0.4 is 14.2 Å². The van der Waals surface area contributed by atoms with Gasteiger partial charge in [0.1, 0.15) is 24.4 Å². The quantitative estimate of drug-likeness (QED) is 0.403. The minimum Gasteiger partial charge on any atom is -0.493 e. The van der Waals surface area contributed by atoms with E-state index < -0.39 is 37.3 Å². The predicted octanol–water partition coefficient (Wildman–Crippen LogP) is -1.11. The summed E-state index contributed by atoms with van der Waals surface area (Å²) in [4.78, 5) is 0. The standard InChI is InChI=1S/C17H24O9/c1-23-10-6-9(4-3-5-18)7-11(24-2)16(10)26-17-15(22)14(21)13(20)12(8-19)25-17/h3-4,6-7,12-15,17-22H,5,8H2,1-2H3/b4-3+. The Morgan fingerprint density at radius 3 is 2.12 bits per heavy atom. The van der Waals surface area contributed by atoms with Crippen molar-refractivity contribution in [1.29, 1.82) is 0 Å². The zero-order valence-electron chi connectivity index (χ0n) is 14.5. The van der Waals surface area contributed by atoms with Gasteiger partial charge in [-0.15, -0.1) is 0 Å². The Labute approximate surface area is 150 Å². The first kappa shape index (κ1) is 20.4. The third-order valence-electron chi connectivity index (χ3n) is 3.98. The number of ether oxygens (including phenoxy) is 4. The highest BCUT2D eigenvalue weighted by Gasteiger charge is 2.45. The minimum absolute atomic E-state index is 0.112. The van der Waals surface area contributed by atoms with Gasteiger partial charge in [-0.3, -0.25) is 0 Å².